The van der Waals surface area contributed by atoms with Crippen LogP contribution in [0.4, 0.5) is 0 Å². The molecule has 3 aliphatic rings. The molecule has 0 spiro atoms. The maximum atomic E-state index is 11.7. The van der Waals surface area contributed by atoms with Crippen LogP contribution < -0.4 is 0 Å². The molecule has 96 valence electrons. The van der Waals surface area contributed by atoms with Crippen LogP contribution in [0.25, 0.3) is 0 Å². The van der Waals surface area contributed by atoms with Crippen LogP contribution in [-0.4, -0.2) is 53.8 Å². The number of hydrogen-bond acceptors (Lipinski definition) is 3. The smallest absolute Gasteiger partial charge is 0.136 e. The normalized spacial score (nSPS) is 37.4. The van der Waals surface area contributed by atoms with Gasteiger partial charge in [-0.3, -0.25) is 9.69 Å². The van der Waals surface area contributed by atoms with Gasteiger partial charge in [-0.05, 0) is 45.8 Å². The first-order valence-corrected chi connectivity index (χ1v) is 7.21. The van der Waals surface area contributed by atoms with Crippen molar-refractivity contribution in [2.24, 2.45) is 0 Å². The van der Waals surface area contributed by atoms with Crippen molar-refractivity contribution in [1.82, 2.24) is 9.80 Å². The van der Waals surface area contributed by atoms with Gasteiger partial charge < -0.3 is 4.90 Å². The Labute approximate surface area is 104 Å². The van der Waals surface area contributed by atoms with Crippen LogP contribution >= 0.6 is 0 Å². The van der Waals surface area contributed by atoms with Gasteiger partial charge in [0.2, 0.25) is 0 Å². The summed E-state index contributed by atoms with van der Waals surface area (Å²) in [6, 6.07) is 1.93. The van der Waals surface area contributed by atoms with E-state index in [1.807, 2.05) is 0 Å². The number of Topliss-reactive ketones (excluding diaryl/α,β-unsaturated/α-hetero) is 1. The predicted molar refractivity (Wildman–Crippen MR) is 68.0 cm³/mol. The van der Waals surface area contributed by atoms with Gasteiger partial charge in [-0.2, -0.15) is 0 Å². The van der Waals surface area contributed by atoms with Gasteiger partial charge in [0, 0.05) is 31.0 Å². The summed E-state index contributed by atoms with van der Waals surface area (Å²) in [7, 11) is 2.22. The van der Waals surface area contributed by atoms with Crippen LogP contribution in [0.3, 0.4) is 0 Å². The second kappa shape index (κ2) is 4.69. The third-order valence-corrected chi connectivity index (χ3v) is 4.95. The Kier molecular flexibility index (Phi) is 3.22. The quantitative estimate of drug-likeness (QED) is 0.692. The van der Waals surface area contributed by atoms with Gasteiger partial charge in [0.15, 0.2) is 0 Å². The molecule has 3 fully saturated rings. The summed E-state index contributed by atoms with van der Waals surface area (Å²) < 4.78 is 0. The molecule has 0 saturated carbocycles. The third kappa shape index (κ3) is 2.27. The molecule has 0 aliphatic carbocycles. The monoisotopic (exact) mass is 236 g/mol. The topological polar surface area (TPSA) is 23.6 Å². The molecule has 3 saturated heterocycles. The van der Waals surface area contributed by atoms with Gasteiger partial charge >= 0.3 is 0 Å². The highest BCUT2D eigenvalue weighted by molar-refractivity contribution is 5.80. The van der Waals surface area contributed by atoms with Gasteiger partial charge in [-0.1, -0.05) is 6.42 Å². The fourth-order valence-corrected chi connectivity index (χ4v) is 4.10. The molecule has 3 heteroatoms. The highest BCUT2D eigenvalue weighted by Gasteiger charge is 2.41. The van der Waals surface area contributed by atoms with Crippen molar-refractivity contribution in [3.05, 3.63) is 0 Å². The lowest BCUT2D eigenvalue weighted by molar-refractivity contribution is -0.129. The predicted octanol–water partition coefficient (Wildman–Crippen LogP) is 1.67. The van der Waals surface area contributed by atoms with Crippen molar-refractivity contribution in [3.8, 4) is 0 Å². The molecule has 3 aliphatic heterocycles. The van der Waals surface area contributed by atoms with E-state index in [0.29, 0.717) is 17.9 Å². The van der Waals surface area contributed by atoms with E-state index in [0.717, 1.165) is 18.9 Å². The molecule has 0 aromatic carbocycles. The molecule has 3 heterocycles. The number of likely N-dealkylation sites (tertiary alicyclic amines) is 1. The average Bonchev–Trinajstić information content (AvgIpc) is 2.29. The summed E-state index contributed by atoms with van der Waals surface area (Å²) in [5, 5.41) is 0. The Morgan fingerprint density at radius 2 is 1.53 bits per heavy atom. The lowest BCUT2D eigenvalue weighted by Gasteiger charge is -2.51. The van der Waals surface area contributed by atoms with Gasteiger partial charge in [0.05, 0.1) is 0 Å². The summed E-state index contributed by atoms with van der Waals surface area (Å²) in [6.45, 7) is 2.46. The van der Waals surface area contributed by atoms with Crippen LogP contribution in [0.5, 0.6) is 0 Å². The SMILES string of the molecule is CN1CCC(N2C3CCCC2CC(=O)C3)CC1. The Balaban J connectivity index is 1.71. The number of piperidine rings is 3. The number of hydrogen-bond donors (Lipinski definition) is 0. The summed E-state index contributed by atoms with van der Waals surface area (Å²) >= 11 is 0. The van der Waals surface area contributed by atoms with E-state index in [1.54, 1.807) is 0 Å². The Morgan fingerprint density at radius 1 is 0.941 bits per heavy atom. The first kappa shape index (κ1) is 11.7. The van der Waals surface area contributed by atoms with E-state index in [-0.39, 0.29) is 0 Å². The van der Waals surface area contributed by atoms with Gasteiger partial charge in [0.25, 0.3) is 0 Å². The molecule has 2 unspecified atom stereocenters. The van der Waals surface area contributed by atoms with Crippen LogP contribution in [0.1, 0.15) is 44.9 Å². The summed E-state index contributed by atoms with van der Waals surface area (Å²) in [4.78, 5) is 16.9. The van der Waals surface area contributed by atoms with Crippen molar-refractivity contribution in [2.45, 2.75) is 63.1 Å². The Hall–Kier alpha value is -0.410. The number of nitrogens with zero attached hydrogens (tertiary/aromatic N) is 2. The maximum absolute atomic E-state index is 11.7. The van der Waals surface area contributed by atoms with Crippen molar-refractivity contribution in [2.75, 3.05) is 20.1 Å². The molecule has 0 aromatic heterocycles. The van der Waals surface area contributed by atoms with E-state index < -0.39 is 0 Å². The Morgan fingerprint density at radius 3 is 2.12 bits per heavy atom. The fourth-order valence-electron chi connectivity index (χ4n) is 4.10. The molecule has 17 heavy (non-hydrogen) atoms. The fraction of sp³-hybridized carbons (Fsp3) is 0.929. The lowest BCUT2D eigenvalue weighted by Crippen LogP contribution is -2.58. The zero-order chi connectivity index (χ0) is 11.8. The van der Waals surface area contributed by atoms with Crippen LogP contribution in [0, 0.1) is 0 Å². The second-order valence-electron chi connectivity index (χ2n) is 6.17. The molecular weight excluding hydrogens is 212 g/mol. The molecular formula is C14H24N2O. The number of rotatable bonds is 1. The highest BCUT2D eigenvalue weighted by Crippen LogP contribution is 2.36. The average molecular weight is 236 g/mol. The number of ketones is 1. The number of carbonyl (C=O) groups is 1. The van der Waals surface area contributed by atoms with Crippen LogP contribution in [0.2, 0.25) is 0 Å². The van der Waals surface area contributed by atoms with Gasteiger partial charge in [-0.15, -0.1) is 0 Å². The highest BCUT2D eigenvalue weighted by atomic mass is 16.1. The first-order valence-electron chi connectivity index (χ1n) is 7.21. The molecule has 2 bridgehead atoms. The largest absolute Gasteiger partial charge is 0.306 e. The minimum atomic E-state index is 0.517. The Bertz CT molecular complexity index is 281. The zero-order valence-corrected chi connectivity index (χ0v) is 10.9. The summed E-state index contributed by atoms with van der Waals surface area (Å²) in [6.07, 6.45) is 8.13. The van der Waals surface area contributed by atoms with Crippen molar-refractivity contribution in [3.63, 3.8) is 0 Å². The van der Waals surface area contributed by atoms with E-state index in [4.69, 9.17) is 0 Å². The van der Waals surface area contributed by atoms with Crippen LogP contribution in [0.15, 0.2) is 0 Å². The molecule has 2 atom stereocenters. The molecule has 3 rings (SSSR count). The standard InChI is InChI=1S/C14H24N2O/c1-15-7-5-11(6-8-15)16-12-3-2-4-13(16)10-14(17)9-12/h11-13H,2-10H2,1H3. The first-order chi connectivity index (χ1) is 8.24. The second-order valence-corrected chi connectivity index (χ2v) is 6.17. The van der Waals surface area contributed by atoms with Crippen LogP contribution in [-0.2, 0) is 4.79 Å². The van der Waals surface area contributed by atoms with Gasteiger partial charge in [-0.25, -0.2) is 0 Å². The molecule has 0 amide bonds. The number of carbonyl (C=O) groups excluding carboxylic acids is 1. The van der Waals surface area contributed by atoms with Gasteiger partial charge in [0.1, 0.15) is 5.78 Å². The van der Waals surface area contributed by atoms with Crippen molar-refractivity contribution < 1.29 is 4.79 Å². The zero-order valence-electron chi connectivity index (χ0n) is 10.9. The minimum absolute atomic E-state index is 0.517. The molecule has 0 radical (unpaired) electrons. The molecule has 0 aromatic rings. The van der Waals surface area contributed by atoms with E-state index in [1.165, 1.54) is 45.2 Å². The summed E-state index contributed by atoms with van der Waals surface area (Å²) in [5.74, 6) is 0.517. The third-order valence-electron chi connectivity index (χ3n) is 4.95. The minimum Gasteiger partial charge on any atom is -0.306 e. The van der Waals surface area contributed by atoms with E-state index >= 15 is 0 Å². The van der Waals surface area contributed by atoms with E-state index in [2.05, 4.69) is 16.8 Å². The molecule has 3 nitrogen and oxygen atoms in total. The van der Waals surface area contributed by atoms with E-state index in [9.17, 15) is 4.79 Å². The van der Waals surface area contributed by atoms with Crippen molar-refractivity contribution >= 4 is 5.78 Å². The maximum Gasteiger partial charge on any atom is 0.136 e. The molecule has 0 N–H and O–H groups in total. The lowest BCUT2D eigenvalue weighted by atomic mass is 9.81. The number of fused-ring (bicyclic) bond motifs is 2. The summed E-state index contributed by atoms with van der Waals surface area (Å²) in [5.41, 5.74) is 0. The van der Waals surface area contributed by atoms with Crippen molar-refractivity contribution in [1.29, 1.82) is 0 Å².